The van der Waals surface area contributed by atoms with Gasteiger partial charge in [0.15, 0.2) is 0 Å². The minimum atomic E-state index is -3.67. The van der Waals surface area contributed by atoms with Gasteiger partial charge in [-0.2, -0.15) is 5.10 Å². The van der Waals surface area contributed by atoms with Crippen LogP contribution in [0.3, 0.4) is 0 Å². The van der Waals surface area contributed by atoms with Gasteiger partial charge in [-0.1, -0.05) is 12.1 Å². The second-order valence-electron chi connectivity index (χ2n) is 4.18. The summed E-state index contributed by atoms with van der Waals surface area (Å²) in [5, 5.41) is 3.90. The van der Waals surface area contributed by atoms with Gasteiger partial charge in [-0.25, -0.2) is 17.5 Å². The third-order valence-corrected chi connectivity index (χ3v) is 3.99. The van der Waals surface area contributed by atoms with Crippen LogP contribution in [-0.2, 0) is 23.1 Å². The molecular weight excluding hydrogens is 283 g/mol. The number of nitrogens with zero attached hydrogens (tertiary/aromatic N) is 2. The van der Waals surface area contributed by atoms with Gasteiger partial charge in [0.25, 0.3) is 0 Å². The predicted octanol–water partition coefficient (Wildman–Crippen LogP) is 0.459. The molecule has 20 heavy (non-hydrogen) atoms. The summed E-state index contributed by atoms with van der Waals surface area (Å²) in [6, 6.07) is 5.75. The topological polar surface area (TPSA) is 90.0 Å². The molecule has 6 nitrogen and oxygen atoms in total. The summed E-state index contributed by atoms with van der Waals surface area (Å²) in [6.07, 6.45) is 2.66. The summed E-state index contributed by atoms with van der Waals surface area (Å²) in [7, 11) is -3.67. The van der Waals surface area contributed by atoms with E-state index >= 15 is 0 Å². The first-order valence-electron chi connectivity index (χ1n) is 5.98. The monoisotopic (exact) mass is 298 g/mol. The molecule has 1 aromatic carbocycles. The molecule has 108 valence electrons. The highest BCUT2D eigenvalue weighted by atomic mass is 32.2. The molecule has 0 radical (unpaired) electrons. The first kappa shape index (κ1) is 14.6. The molecule has 0 aliphatic rings. The van der Waals surface area contributed by atoms with Crippen molar-refractivity contribution in [3.63, 3.8) is 0 Å². The van der Waals surface area contributed by atoms with Gasteiger partial charge in [-0.05, 0) is 17.7 Å². The van der Waals surface area contributed by atoms with Crippen LogP contribution < -0.4 is 10.5 Å². The lowest BCUT2D eigenvalue weighted by atomic mass is 10.2. The first-order valence-corrected chi connectivity index (χ1v) is 7.46. The summed E-state index contributed by atoms with van der Waals surface area (Å²) in [4.78, 5) is 0.0577. The molecule has 0 spiro atoms. The van der Waals surface area contributed by atoms with E-state index in [1.54, 1.807) is 6.07 Å². The minimum Gasteiger partial charge on any atom is -0.329 e. The van der Waals surface area contributed by atoms with Crippen LogP contribution in [-0.4, -0.2) is 24.7 Å². The smallest absolute Gasteiger partial charge is 0.243 e. The Morgan fingerprint density at radius 3 is 2.90 bits per heavy atom. The molecule has 2 rings (SSSR count). The van der Waals surface area contributed by atoms with E-state index in [-0.39, 0.29) is 11.4 Å². The van der Waals surface area contributed by atoms with Gasteiger partial charge in [-0.3, -0.25) is 4.68 Å². The lowest BCUT2D eigenvalue weighted by Crippen LogP contribution is -2.23. The molecule has 0 unspecified atom stereocenters. The van der Waals surface area contributed by atoms with E-state index in [1.807, 2.05) is 0 Å². The summed E-state index contributed by atoms with van der Waals surface area (Å²) >= 11 is 0. The second kappa shape index (κ2) is 6.12. The molecule has 0 fully saturated rings. The highest BCUT2D eigenvalue weighted by Gasteiger charge is 2.16. The van der Waals surface area contributed by atoms with Crippen LogP contribution in [0.25, 0.3) is 0 Å². The van der Waals surface area contributed by atoms with Gasteiger partial charge >= 0.3 is 0 Å². The molecule has 8 heteroatoms. The lowest BCUT2D eigenvalue weighted by molar-refractivity contribution is 0.579. The molecule has 2 aromatic rings. The minimum absolute atomic E-state index is 0.0160. The summed E-state index contributed by atoms with van der Waals surface area (Å²) < 4.78 is 40.9. The van der Waals surface area contributed by atoms with Gasteiger partial charge in [0, 0.05) is 19.3 Å². The highest BCUT2D eigenvalue weighted by molar-refractivity contribution is 7.89. The van der Waals surface area contributed by atoms with Gasteiger partial charge in [-0.15, -0.1) is 0 Å². The number of benzene rings is 1. The van der Waals surface area contributed by atoms with E-state index in [0.29, 0.717) is 18.7 Å². The van der Waals surface area contributed by atoms with Crippen molar-refractivity contribution < 1.29 is 12.8 Å². The van der Waals surface area contributed by atoms with Gasteiger partial charge in [0.2, 0.25) is 10.0 Å². The number of hydrogen-bond donors (Lipinski definition) is 2. The number of nitrogens with one attached hydrogen (secondary N) is 1. The van der Waals surface area contributed by atoms with Crippen molar-refractivity contribution in [1.82, 2.24) is 14.5 Å². The van der Waals surface area contributed by atoms with Crippen molar-refractivity contribution in [1.29, 1.82) is 0 Å². The largest absolute Gasteiger partial charge is 0.329 e. The Morgan fingerprint density at radius 2 is 2.20 bits per heavy atom. The van der Waals surface area contributed by atoms with Gasteiger partial charge in [0.1, 0.15) is 10.7 Å². The molecule has 1 aromatic heterocycles. The third-order valence-electron chi connectivity index (χ3n) is 2.63. The molecule has 0 bridgehead atoms. The van der Waals surface area contributed by atoms with Crippen molar-refractivity contribution >= 4 is 10.0 Å². The first-order chi connectivity index (χ1) is 9.51. The summed E-state index contributed by atoms with van der Waals surface area (Å²) in [5.41, 5.74) is 5.91. The number of hydrogen-bond acceptors (Lipinski definition) is 4. The number of rotatable bonds is 6. The number of aromatic nitrogens is 2. The van der Waals surface area contributed by atoms with Crippen molar-refractivity contribution in [3.8, 4) is 0 Å². The van der Waals surface area contributed by atoms with Crippen LogP contribution in [0.4, 0.5) is 4.39 Å². The van der Waals surface area contributed by atoms with Crippen LogP contribution in [0.1, 0.15) is 5.56 Å². The fraction of sp³-hybridized carbons (Fsp3) is 0.250. The van der Waals surface area contributed by atoms with Crippen LogP contribution in [0.15, 0.2) is 41.6 Å². The fourth-order valence-electron chi connectivity index (χ4n) is 1.65. The Kier molecular flexibility index (Phi) is 4.48. The third kappa shape index (κ3) is 3.62. The van der Waals surface area contributed by atoms with Crippen molar-refractivity contribution in [2.24, 2.45) is 5.73 Å². The zero-order valence-corrected chi connectivity index (χ0v) is 11.5. The Morgan fingerprint density at radius 1 is 1.40 bits per heavy atom. The van der Waals surface area contributed by atoms with Crippen LogP contribution >= 0.6 is 0 Å². The average Bonchev–Trinajstić information content (AvgIpc) is 2.87. The molecule has 0 amide bonds. The van der Waals surface area contributed by atoms with Crippen LogP contribution in [0, 0.1) is 5.82 Å². The normalized spacial score (nSPS) is 11.7. The van der Waals surface area contributed by atoms with Crippen molar-refractivity contribution in [3.05, 3.63) is 48.0 Å². The SMILES string of the molecule is NCCn1cc(S(=O)(=O)NCc2cccc(F)c2)cn1. The van der Waals surface area contributed by atoms with E-state index in [0.717, 1.165) is 0 Å². The molecule has 0 saturated carbocycles. The molecule has 0 saturated heterocycles. The zero-order valence-electron chi connectivity index (χ0n) is 10.7. The number of sulfonamides is 1. The van der Waals surface area contributed by atoms with Crippen LogP contribution in [0.2, 0.25) is 0 Å². The van der Waals surface area contributed by atoms with E-state index in [4.69, 9.17) is 5.73 Å². The van der Waals surface area contributed by atoms with E-state index in [2.05, 4.69) is 9.82 Å². The second-order valence-corrected chi connectivity index (χ2v) is 5.95. The van der Waals surface area contributed by atoms with Gasteiger partial charge < -0.3 is 5.73 Å². The molecule has 0 atom stereocenters. The standard InChI is InChI=1S/C12H15FN4O2S/c13-11-3-1-2-10(6-11)7-16-20(18,19)12-8-15-17(9-12)5-4-14/h1-3,6,8-9,16H,4-5,7,14H2. The maximum absolute atomic E-state index is 13.0. The lowest BCUT2D eigenvalue weighted by Gasteiger charge is -2.05. The van der Waals surface area contributed by atoms with E-state index in [9.17, 15) is 12.8 Å². The Bertz CT molecular complexity index is 684. The maximum Gasteiger partial charge on any atom is 0.243 e. The molecule has 0 aliphatic carbocycles. The van der Waals surface area contributed by atoms with Crippen molar-refractivity contribution in [2.75, 3.05) is 6.54 Å². The zero-order chi connectivity index (χ0) is 14.6. The van der Waals surface area contributed by atoms with E-state index in [1.165, 1.54) is 35.3 Å². The average molecular weight is 298 g/mol. The van der Waals surface area contributed by atoms with E-state index < -0.39 is 15.8 Å². The number of halogens is 1. The van der Waals surface area contributed by atoms with Crippen LogP contribution in [0.5, 0.6) is 0 Å². The molecular formula is C12H15FN4O2S. The predicted molar refractivity (Wildman–Crippen MR) is 71.7 cm³/mol. The number of nitrogens with two attached hydrogens (primary N) is 1. The molecule has 0 aliphatic heterocycles. The quantitative estimate of drug-likeness (QED) is 0.810. The summed E-state index contributed by atoms with van der Waals surface area (Å²) in [5.74, 6) is -0.405. The summed E-state index contributed by atoms with van der Waals surface area (Å²) in [6.45, 7) is 0.833. The highest BCUT2D eigenvalue weighted by Crippen LogP contribution is 2.09. The Balaban J connectivity index is 2.06. The van der Waals surface area contributed by atoms with Crippen molar-refractivity contribution in [2.45, 2.75) is 18.0 Å². The van der Waals surface area contributed by atoms with Gasteiger partial charge in [0.05, 0.1) is 12.7 Å². The Labute approximate surface area is 116 Å². The molecule has 1 heterocycles. The maximum atomic E-state index is 13.0. The molecule has 3 N–H and O–H groups in total. The fourth-order valence-corrected chi connectivity index (χ4v) is 2.62. The Hall–Kier alpha value is -1.77.